The van der Waals surface area contributed by atoms with Crippen molar-refractivity contribution in [3.8, 4) is 0 Å². The first-order valence-electron chi connectivity index (χ1n) is 6.79. The van der Waals surface area contributed by atoms with E-state index in [-0.39, 0.29) is 6.04 Å². The fourth-order valence-electron chi connectivity index (χ4n) is 2.42. The zero-order valence-electron chi connectivity index (χ0n) is 10.9. The van der Waals surface area contributed by atoms with Gasteiger partial charge in [0.05, 0.1) is 6.04 Å². The van der Waals surface area contributed by atoms with Crippen molar-refractivity contribution in [1.82, 2.24) is 4.90 Å². The fourth-order valence-corrected chi connectivity index (χ4v) is 3.35. The van der Waals surface area contributed by atoms with Crippen LogP contribution in [0, 0.1) is 5.92 Å². The van der Waals surface area contributed by atoms with Crippen molar-refractivity contribution in [3.05, 3.63) is 22.4 Å². The van der Waals surface area contributed by atoms with Gasteiger partial charge < -0.3 is 5.73 Å². The van der Waals surface area contributed by atoms with Gasteiger partial charge in [0.2, 0.25) is 0 Å². The molecule has 0 spiro atoms. The molecule has 0 amide bonds. The van der Waals surface area contributed by atoms with Crippen LogP contribution in [0.3, 0.4) is 0 Å². The molecule has 1 aliphatic rings. The van der Waals surface area contributed by atoms with Crippen molar-refractivity contribution in [2.75, 3.05) is 13.1 Å². The average molecular weight is 252 g/mol. The normalized spacial score (nSPS) is 19.5. The highest BCUT2D eigenvalue weighted by Crippen LogP contribution is 2.35. The zero-order valence-corrected chi connectivity index (χ0v) is 11.7. The van der Waals surface area contributed by atoms with E-state index in [4.69, 9.17) is 5.73 Å². The van der Waals surface area contributed by atoms with Crippen molar-refractivity contribution in [2.45, 2.75) is 45.2 Å². The van der Waals surface area contributed by atoms with Crippen LogP contribution >= 0.6 is 11.3 Å². The third-order valence-electron chi connectivity index (χ3n) is 3.70. The second-order valence-corrected chi connectivity index (χ2v) is 6.04. The zero-order chi connectivity index (χ0) is 12.3. The largest absolute Gasteiger partial charge is 0.326 e. The molecule has 1 aromatic rings. The van der Waals surface area contributed by atoms with Crippen molar-refractivity contribution in [3.63, 3.8) is 0 Å². The van der Waals surface area contributed by atoms with Gasteiger partial charge in [-0.2, -0.15) is 0 Å². The second-order valence-electron chi connectivity index (χ2n) is 5.06. The molecule has 0 aliphatic heterocycles. The van der Waals surface area contributed by atoms with Gasteiger partial charge in [0, 0.05) is 17.5 Å². The Hall–Kier alpha value is -0.380. The number of rotatable bonds is 7. The Labute approximate surface area is 109 Å². The smallest absolute Gasteiger partial charge is 0.0593 e. The average Bonchev–Trinajstić information content (AvgIpc) is 3.00. The van der Waals surface area contributed by atoms with Crippen molar-refractivity contribution in [2.24, 2.45) is 11.7 Å². The minimum Gasteiger partial charge on any atom is -0.326 e. The molecule has 1 fully saturated rings. The van der Waals surface area contributed by atoms with Crippen LogP contribution in [0.5, 0.6) is 0 Å². The van der Waals surface area contributed by atoms with Crippen LogP contribution in [0.2, 0.25) is 0 Å². The molecule has 0 aromatic carbocycles. The monoisotopic (exact) mass is 252 g/mol. The van der Waals surface area contributed by atoms with Gasteiger partial charge in [-0.3, -0.25) is 4.90 Å². The molecule has 0 saturated heterocycles. The molecule has 0 radical (unpaired) electrons. The minimum atomic E-state index is 0.257. The lowest BCUT2D eigenvalue weighted by Crippen LogP contribution is -2.41. The van der Waals surface area contributed by atoms with Crippen molar-refractivity contribution in [1.29, 1.82) is 0 Å². The summed E-state index contributed by atoms with van der Waals surface area (Å²) in [6.07, 6.45) is 3.87. The fraction of sp³-hybridized carbons (Fsp3) is 0.714. The molecular formula is C14H24N2S. The Bertz CT molecular complexity index is 319. The van der Waals surface area contributed by atoms with E-state index in [0.717, 1.165) is 18.9 Å². The van der Waals surface area contributed by atoms with Crippen LogP contribution in [0.15, 0.2) is 17.5 Å². The molecule has 1 aromatic heterocycles. The molecular weight excluding hydrogens is 228 g/mol. The number of hydrogen-bond acceptors (Lipinski definition) is 3. The minimum absolute atomic E-state index is 0.257. The van der Waals surface area contributed by atoms with Crippen LogP contribution in [-0.2, 0) is 0 Å². The third-order valence-corrected chi connectivity index (χ3v) is 4.64. The predicted molar refractivity (Wildman–Crippen MR) is 75.3 cm³/mol. The van der Waals surface area contributed by atoms with Crippen molar-refractivity contribution >= 4 is 11.3 Å². The quantitative estimate of drug-likeness (QED) is 0.807. The van der Waals surface area contributed by atoms with E-state index < -0.39 is 0 Å². The standard InChI is InChI=1S/C14H24N2S/c1-3-12(15)14(13-6-5-9-17-13)16(4-2)10-11-7-8-11/h5-6,9,11-12,14H,3-4,7-8,10,15H2,1-2H3. The lowest BCUT2D eigenvalue weighted by Gasteiger charge is -2.34. The Morgan fingerprint density at radius 1 is 1.47 bits per heavy atom. The van der Waals surface area contributed by atoms with Crippen LogP contribution in [0.4, 0.5) is 0 Å². The van der Waals surface area contributed by atoms with Gasteiger partial charge in [-0.1, -0.05) is 19.9 Å². The Morgan fingerprint density at radius 2 is 2.24 bits per heavy atom. The Kier molecular flexibility index (Phi) is 4.60. The molecule has 1 heterocycles. The molecule has 3 heteroatoms. The maximum Gasteiger partial charge on any atom is 0.0593 e. The molecule has 0 bridgehead atoms. The Morgan fingerprint density at radius 3 is 2.71 bits per heavy atom. The highest BCUT2D eigenvalue weighted by Gasteiger charge is 2.30. The molecule has 2 nitrogen and oxygen atoms in total. The van der Waals surface area contributed by atoms with E-state index in [1.807, 2.05) is 11.3 Å². The van der Waals surface area contributed by atoms with E-state index in [2.05, 4.69) is 36.3 Å². The summed E-state index contributed by atoms with van der Waals surface area (Å²) in [5.74, 6) is 0.932. The molecule has 96 valence electrons. The molecule has 2 N–H and O–H groups in total. The number of likely N-dealkylation sites (N-methyl/N-ethyl adjacent to an activating group) is 1. The van der Waals surface area contributed by atoms with Gasteiger partial charge in [0.15, 0.2) is 0 Å². The summed E-state index contributed by atoms with van der Waals surface area (Å²) in [6.45, 7) is 6.78. The highest BCUT2D eigenvalue weighted by atomic mass is 32.1. The summed E-state index contributed by atoms with van der Waals surface area (Å²) in [5, 5.41) is 2.16. The summed E-state index contributed by atoms with van der Waals surface area (Å²) >= 11 is 1.84. The summed E-state index contributed by atoms with van der Waals surface area (Å²) in [5.41, 5.74) is 6.35. The maximum atomic E-state index is 6.35. The maximum absolute atomic E-state index is 6.35. The third kappa shape index (κ3) is 3.30. The molecule has 1 saturated carbocycles. The first-order chi connectivity index (χ1) is 8.26. The summed E-state index contributed by atoms with van der Waals surface area (Å²) in [7, 11) is 0. The predicted octanol–water partition coefficient (Wildman–Crippen LogP) is 3.26. The van der Waals surface area contributed by atoms with E-state index in [1.165, 1.54) is 24.3 Å². The molecule has 17 heavy (non-hydrogen) atoms. The van der Waals surface area contributed by atoms with E-state index in [9.17, 15) is 0 Å². The SMILES string of the molecule is CCC(N)C(c1cccs1)N(CC)CC1CC1. The lowest BCUT2D eigenvalue weighted by molar-refractivity contribution is 0.173. The lowest BCUT2D eigenvalue weighted by atomic mass is 10.0. The summed E-state index contributed by atoms with van der Waals surface area (Å²) < 4.78 is 0. The Balaban J connectivity index is 2.11. The molecule has 2 unspecified atom stereocenters. The number of hydrogen-bond donors (Lipinski definition) is 1. The van der Waals surface area contributed by atoms with Crippen LogP contribution in [0.1, 0.15) is 44.0 Å². The number of thiophene rings is 1. The van der Waals surface area contributed by atoms with Gasteiger partial charge in [0.25, 0.3) is 0 Å². The van der Waals surface area contributed by atoms with Gasteiger partial charge in [-0.05, 0) is 43.2 Å². The van der Waals surface area contributed by atoms with E-state index in [1.54, 1.807) is 0 Å². The van der Waals surface area contributed by atoms with Crippen molar-refractivity contribution < 1.29 is 0 Å². The summed E-state index contributed by atoms with van der Waals surface area (Å²) in [4.78, 5) is 4.01. The second kappa shape index (κ2) is 5.98. The number of nitrogens with zero attached hydrogens (tertiary/aromatic N) is 1. The molecule has 1 aliphatic carbocycles. The van der Waals surface area contributed by atoms with Crippen LogP contribution in [0.25, 0.3) is 0 Å². The van der Waals surface area contributed by atoms with E-state index >= 15 is 0 Å². The van der Waals surface area contributed by atoms with Crippen LogP contribution in [-0.4, -0.2) is 24.0 Å². The van der Waals surface area contributed by atoms with Gasteiger partial charge in [-0.25, -0.2) is 0 Å². The van der Waals surface area contributed by atoms with Gasteiger partial charge in [-0.15, -0.1) is 11.3 Å². The highest BCUT2D eigenvalue weighted by molar-refractivity contribution is 7.10. The first kappa shape index (κ1) is 13.1. The van der Waals surface area contributed by atoms with Gasteiger partial charge >= 0.3 is 0 Å². The molecule has 2 atom stereocenters. The summed E-state index contributed by atoms with van der Waals surface area (Å²) in [6, 6.07) is 5.05. The van der Waals surface area contributed by atoms with Gasteiger partial charge in [0.1, 0.15) is 0 Å². The van der Waals surface area contributed by atoms with E-state index in [0.29, 0.717) is 6.04 Å². The number of nitrogens with two attached hydrogens (primary N) is 1. The molecule has 2 rings (SSSR count). The topological polar surface area (TPSA) is 29.3 Å². The first-order valence-corrected chi connectivity index (χ1v) is 7.67. The van der Waals surface area contributed by atoms with Crippen LogP contribution < -0.4 is 5.73 Å².